The molecule has 0 saturated carbocycles. The summed E-state index contributed by atoms with van der Waals surface area (Å²) in [5.74, 6) is -0.576. The molecule has 5 heteroatoms. The van der Waals surface area contributed by atoms with E-state index in [4.69, 9.17) is 10.5 Å². The van der Waals surface area contributed by atoms with Crippen molar-refractivity contribution >= 4 is 22.6 Å². The van der Waals surface area contributed by atoms with E-state index in [-0.39, 0.29) is 18.9 Å². The fraction of sp³-hybridized carbons (Fsp3) is 0.368. The van der Waals surface area contributed by atoms with Crippen molar-refractivity contribution in [3.63, 3.8) is 0 Å². The molecule has 1 heterocycles. The highest BCUT2D eigenvalue weighted by Crippen LogP contribution is 2.31. The van der Waals surface area contributed by atoms with Gasteiger partial charge in [-0.15, -0.1) is 0 Å². The number of nitrogens with two attached hydrogens (primary N) is 1. The Kier molecular flexibility index (Phi) is 4.53. The fourth-order valence-electron chi connectivity index (χ4n) is 3.66. The Bertz CT molecular complexity index is 769. The van der Waals surface area contributed by atoms with Crippen molar-refractivity contribution in [1.29, 1.82) is 0 Å². The predicted molar refractivity (Wildman–Crippen MR) is 92.4 cm³/mol. The molecule has 0 aliphatic carbocycles. The molecule has 1 fully saturated rings. The second kappa shape index (κ2) is 6.61. The van der Waals surface area contributed by atoms with Gasteiger partial charge in [0.05, 0.1) is 13.0 Å². The molecule has 1 aliphatic heterocycles. The Labute approximate surface area is 141 Å². The van der Waals surface area contributed by atoms with Gasteiger partial charge < -0.3 is 15.4 Å². The van der Waals surface area contributed by atoms with Crippen LogP contribution in [0.25, 0.3) is 10.8 Å². The molecule has 126 valence electrons. The Morgan fingerprint density at radius 1 is 1.21 bits per heavy atom. The minimum atomic E-state index is -1.02. The number of ether oxygens (including phenoxy) is 1. The lowest BCUT2D eigenvalue weighted by Gasteiger charge is -2.35. The number of methoxy groups -OCH3 is 1. The fourth-order valence-corrected chi connectivity index (χ4v) is 3.66. The Hall–Kier alpha value is -2.40. The van der Waals surface area contributed by atoms with E-state index in [1.165, 1.54) is 7.11 Å². The first-order valence-electron chi connectivity index (χ1n) is 8.14. The molecule has 0 radical (unpaired) electrons. The molecule has 5 nitrogen and oxygen atoms in total. The second-order valence-electron chi connectivity index (χ2n) is 6.29. The molecule has 2 aromatic rings. The molecule has 1 saturated heterocycles. The van der Waals surface area contributed by atoms with E-state index in [1.54, 1.807) is 4.90 Å². The molecule has 1 atom stereocenters. The normalized spacial score (nSPS) is 20.5. The Morgan fingerprint density at radius 2 is 1.96 bits per heavy atom. The lowest BCUT2D eigenvalue weighted by molar-refractivity contribution is -0.146. The van der Waals surface area contributed by atoms with Gasteiger partial charge >= 0.3 is 0 Å². The summed E-state index contributed by atoms with van der Waals surface area (Å²) in [4.78, 5) is 26.6. The van der Waals surface area contributed by atoms with Crippen molar-refractivity contribution in [2.45, 2.75) is 24.8 Å². The van der Waals surface area contributed by atoms with Gasteiger partial charge in [0.1, 0.15) is 5.54 Å². The van der Waals surface area contributed by atoms with Crippen LogP contribution in [0, 0.1) is 0 Å². The minimum Gasteiger partial charge on any atom is -0.382 e. The van der Waals surface area contributed by atoms with Gasteiger partial charge in [-0.25, -0.2) is 0 Å². The molecule has 0 bridgehead atoms. The monoisotopic (exact) mass is 326 g/mol. The maximum Gasteiger partial charge on any atom is 0.245 e. The zero-order valence-electron chi connectivity index (χ0n) is 13.8. The zero-order chi connectivity index (χ0) is 17.2. The highest BCUT2D eigenvalue weighted by atomic mass is 16.5. The summed E-state index contributed by atoms with van der Waals surface area (Å²) in [7, 11) is 1.52. The number of benzene rings is 2. The predicted octanol–water partition coefficient (Wildman–Crippen LogP) is 1.88. The van der Waals surface area contributed by atoms with Crippen LogP contribution in [0.2, 0.25) is 0 Å². The summed E-state index contributed by atoms with van der Waals surface area (Å²) in [6.07, 6.45) is 1.56. The molecule has 2 N–H and O–H groups in total. The van der Waals surface area contributed by atoms with E-state index < -0.39 is 11.4 Å². The average molecular weight is 326 g/mol. The van der Waals surface area contributed by atoms with E-state index in [2.05, 4.69) is 0 Å². The van der Waals surface area contributed by atoms with Gasteiger partial charge in [-0.2, -0.15) is 0 Å². The third-order valence-electron chi connectivity index (χ3n) is 4.85. The van der Waals surface area contributed by atoms with Crippen LogP contribution < -0.4 is 5.73 Å². The van der Waals surface area contributed by atoms with Crippen LogP contribution >= 0.6 is 0 Å². The average Bonchev–Trinajstić information content (AvgIpc) is 3.01. The van der Waals surface area contributed by atoms with Crippen LogP contribution in [-0.4, -0.2) is 42.5 Å². The summed E-state index contributed by atoms with van der Waals surface area (Å²) in [6.45, 7) is 0.680. The van der Waals surface area contributed by atoms with Crippen molar-refractivity contribution in [2.75, 3.05) is 20.3 Å². The summed E-state index contributed by atoms with van der Waals surface area (Å²) in [6, 6.07) is 13.9. The van der Waals surface area contributed by atoms with Crippen molar-refractivity contribution in [1.82, 2.24) is 4.90 Å². The van der Waals surface area contributed by atoms with Crippen LogP contribution in [-0.2, 0) is 20.7 Å². The SMILES string of the molecule is COCC1(C(N)=O)CCCN1C(=O)Cc1cccc2ccccc12. The number of fused-ring (bicyclic) bond motifs is 1. The number of nitrogens with zero attached hydrogens (tertiary/aromatic N) is 1. The number of amides is 2. The Morgan fingerprint density at radius 3 is 2.71 bits per heavy atom. The van der Waals surface area contributed by atoms with Crippen molar-refractivity contribution < 1.29 is 14.3 Å². The highest BCUT2D eigenvalue weighted by molar-refractivity contribution is 5.94. The van der Waals surface area contributed by atoms with Gasteiger partial charge in [-0.3, -0.25) is 9.59 Å². The van der Waals surface area contributed by atoms with Gasteiger partial charge in [0.25, 0.3) is 0 Å². The standard InChI is InChI=1S/C19H22N2O3/c1-24-13-19(18(20)23)10-5-11-21(19)17(22)12-15-8-4-7-14-6-2-3-9-16(14)15/h2-4,6-9H,5,10-13H2,1H3,(H2,20,23). The first-order valence-corrected chi connectivity index (χ1v) is 8.14. The quantitative estimate of drug-likeness (QED) is 0.912. The van der Waals surface area contributed by atoms with Crippen molar-refractivity contribution in [2.24, 2.45) is 5.73 Å². The van der Waals surface area contributed by atoms with Crippen LogP contribution in [0.15, 0.2) is 42.5 Å². The van der Waals surface area contributed by atoms with Crippen LogP contribution in [0.1, 0.15) is 18.4 Å². The van der Waals surface area contributed by atoms with E-state index in [0.29, 0.717) is 13.0 Å². The van der Waals surface area contributed by atoms with Crippen LogP contribution in [0.3, 0.4) is 0 Å². The highest BCUT2D eigenvalue weighted by Gasteiger charge is 2.48. The number of carbonyl (C=O) groups is 2. The maximum absolute atomic E-state index is 12.9. The number of carbonyl (C=O) groups excluding carboxylic acids is 2. The lowest BCUT2D eigenvalue weighted by atomic mass is 9.95. The van der Waals surface area contributed by atoms with E-state index in [0.717, 1.165) is 22.8 Å². The maximum atomic E-state index is 12.9. The van der Waals surface area contributed by atoms with Crippen LogP contribution in [0.5, 0.6) is 0 Å². The Balaban J connectivity index is 1.89. The van der Waals surface area contributed by atoms with Gasteiger partial charge in [0.2, 0.25) is 11.8 Å². The summed E-state index contributed by atoms with van der Waals surface area (Å²) >= 11 is 0. The third-order valence-corrected chi connectivity index (χ3v) is 4.85. The lowest BCUT2D eigenvalue weighted by Crippen LogP contribution is -2.59. The summed E-state index contributed by atoms with van der Waals surface area (Å²) < 4.78 is 5.20. The number of primary amides is 1. The molecule has 1 unspecified atom stereocenters. The van der Waals surface area contributed by atoms with Gasteiger partial charge in [-0.1, -0.05) is 42.5 Å². The molecule has 0 spiro atoms. The van der Waals surface area contributed by atoms with Gasteiger partial charge in [-0.05, 0) is 29.2 Å². The molecular weight excluding hydrogens is 304 g/mol. The first kappa shape index (κ1) is 16.5. The molecule has 2 aromatic carbocycles. The number of hydrogen-bond acceptors (Lipinski definition) is 3. The summed E-state index contributed by atoms with van der Waals surface area (Å²) in [5.41, 5.74) is 5.56. The number of rotatable bonds is 5. The molecule has 1 aliphatic rings. The molecular formula is C19H22N2O3. The van der Waals surface area contributed by atoms with E-state index in [9.17, 15) is 9.59 Å². The zero-order valence-corrected chi connectivity index (χ0v) is 13.8. The molecule has 0 aromatic heterocycles. The molecule has 3 rings (SSSR count). The van der Waals surface area contributed by atoms with E-state index in [1.807, 2.05) is 42.5 Å². The first-order chi connectivity index (χ1) is 11.6. The topological polar surface area (TPSA) is 72.6 Å². The number of likely N-dealkylation sites (tertiary alicyclic amines) is 1. The molecule has 24 heavy (non-hydrogen) atoms. The van der Waals surface area contributed by atoms with E-state index >= 15 is 0 Å². The summed E-state index contributed by atoms with van der Waals surface area (Å²) in [5, 5.41) is 2.16. The van der Waals surface area contributed by atoms with Crippen molar-refractivity contribution in [3.05, 3.63) is 48.0 Å². The van der Waals surface area contributed by atoms with Gasteiger partial charge in [0.15, 0.2) is 0 Å². The number of hydrogen-bond donors (Lipinski definition) is 1. The van der Waals surface area contributed by atoms with Gasteiger partial charge in [0, 0.05) is 13.7 Å². The largest absolute Gasteiger partial charge is 0.382 e. The second-order valence-corrected chi connectivity index (χ2v) is 6.29. The van der Waals surface area contributed by atoms with Crippen LogP contribution in [0.4, 0.5) is 0 Å². The third kappa shape index (κ3) is 2.76. The smallest absolute Gasteiger partial charge is 0.245 e. The molecule has 2 amide bonds. The van der Waals surface area contributed by atoms with Crippen molar-refractivity contribution in [3.8, 4) is 0 Å². The minimum absolute atomic E-state index is 0.0836.